The smallest absolute Gasteiger partial charge is 0.337 e. The topological polar surface area (TPSA) is 46.5 Å². The lowest BCUT2D eigenvalue weighted by molar-refractivity contribution is 0.0600. The van der Waals surface area contributed by atoms with Crippen LogP contribution in [0.15, 0.2) is 24.3 Å². The summed E-state index contributed by atoms with van der Waals surface area (Å²) in [6.45, 7) is 0. The summed E-state index contributed by atoms with van der Waals surface area (Å²) in [6, 6.07) is 6.87. The van der Waals surface area contributed by atoms with E-state index >= 15 is 0 Å². The lowest BCUT2D eigenvalue weighted by Gasteiger charge is -2.12. The van der Waals surface area contributed by atoms with E-state index in [1.54, 1.807) is 24.3 Å². The van der Waals surface area contributed by atoms with Gasteiger partial charge in [-0.25, -0.2) is 4.79 Å². The standard InChI is InChI=1S/C15H16O3/c1-18-14(16)13-6-4-12(5-7-13)8-11-15(17)9-2-3-10-15/h4-7,17H,2-3,9-10H2,1H3. The van der Waals surface area contributed by atoms with Gasteiger partial charge in [-0.2, -0.15) is 0 Å². The summed E-state index contributed by atoms with van der Waals surface area (Å²) in [6.07, 6.45) is 3.57. The van der Waals surface area contributed by atoms with E-state index in [2.05, 4.69) is 16.6 Å². The Hall–Kier alpha value is -1.79. The summed E-state index contributed by atoms with van der Waals surface area (Å²) < 4.78 is 4.62. The van der Waals surface area contributed by atoms with Crippen LogP contribution in [-0.4, -0.2) is 23.8 Å². The maximum Gasteiger partial charge on any atom is 0.337 e. The molecule has 0 heterocycles. The van der Waals surface area contributed by atoms with Gasteiger partial charge in [0.05, 0.1) is 12.7 Å². The number of carbonyl (C=O) groups is 1. The predicted molar refractivity (Wildman–Crippen MR) is 68.1 cm³/mol. The molecule has 0 bridgehead atoms. The number of esters is 1. The zero-order valence-corrected chi connectivity index (χ0v) is 10.4. The summed E-state index contributed by atoms with van der Waals surface area (Å²) in [5.74, 6) is 5.53. The van der Waals surface area contributed by atoms with Crippen LogP contribution in [0.4, 0.5) is 0 Å². The van der Waals surface area contributed by atoms with Gasteiger partial charge < -0.3 is 9.84 Å². The maximum atomic E-state index is 11.2. The highest BCUT2D eigenvalue weighted by Gasteiger charge is 2.28. The third-order valence-corrected chi connectivity index (χ3v) is 3.18. The second-order valence-electron chi connectivity index (χ2n) is 4.56. The Morgan fingerprint density at radius 3 is 2.44 bits per heavy atom. The Balaban J connectivity index is 2.11. The van der Waals surface area contributed by atoms with Crippen LogP contribution in [0.5, 0.6) is 0 Å². The Bertz CT molecular complexity index is 485. The first-order valence-corrected chi connectivity index (χ1v) is 6.07. The Morgan fingerprint density at radius 1 is 1.28 bits per heavy atom. The quantitative estimate of drug-likeness (QED) is 0.608. The monoisotopic (exact) mass is 244 g/mol. The van der Waals surface area contributed by atoms with E-state index in [0.29, 0.717) is 5.56 Å². The van der Waals surface area contributed by atoms with Gasteiger partial charge in [0, 0.05) is 5.56 Å². The summed E-state index contributed by atoms with van der Waals surface area (Å²) in [7, 11) is 1.35. The van der Waals surface area contributed by atoms with Crippen molar-refractivity contribution in [3.8, 4) is 11.8 Å². The van der Waals surface area contributed by atoms with Crippen LogP contribution in [0.3, 0.4) is 0 Å². The first-order chi connectivity index (χ1) is 8.63. The molecule has 1 fully saturated rings. The molecule has 3 nitrogen and oxygen atoms in total. The molecule has 1 saturated carbocycles. The average molecular weight is 244 g/mol. The molecule has 18 heavy (non-hydrogen) atoms. The van der Waals surface area contributed by atoms with E-state index in [-0.39, 0.29) is 5.97 Å². The molecule has 1 aliphatic rings. The minimum atomic E-state index is -0.818. The molecule has 1 aromatic carbocycles. The zero-order chi connectivity index (χ0) is 13.0. The van der Waals surface area contributed by atoms with E-state index < -0.39 is 5.60 Å². The molecule has 1 aromatic rings. The summed E-state index contributed by atoms with van der Waals surface area (Å²) in [4.78, 5) is 11.2. The van der Waals surface area contributed by atoms with Crippen LogP contribution in [0.25, 0.3) is 0 Å². The molecule has 0 radical (unpaired) electrons. The molecule has 94 valence electrons. The highest BCUT2D eigenvalue weighted by molar-refractivity contribution is 5.89. The van der Waals surface area contributed by atoms with Crippen LogP contribution >= 0.6 is 0 Å². The normalized spacial score (nSPS) is 16.8. The molecule has 3 heteroatoms. The van der Waals surface area contributed by atoms with Gasteiger partial charge in [0.15, 0.2) is 0 Å². The number of carbonyl (C=O) groups excluding carboxylic acids is 1. The van der Waals surface area contributed by atoms with Gasteiger partial charge in [-0.05, 0) is 49.9 Å². The number of rotatable bonds is 1. The third kappa shape index (κ3) is 2.91. The average Bonchev–Trinajstić information content (AvgIpc) is 2.83. The fourth-order valence-electron chi connectivity index (χ4n) is 2.08. The Kier molecular flexibility index (Phi) is 3.69. The molecule has 0 aliphatic heterocycles. The number of hydrogen-bond acceptors (Lipinski definition) is 3. The molecule has 0 spiro atoms. The van der Waals surface area contributed by atoms with Crippen LogP contribution < -0.4 is 0 Å². The Morgan fingerprint density at radius 2 is 1.89 bits per heavy atom. The zero-order valence-electron chi connectivity index (χ0n) is 10.4. The van der Waals surface area contributed by atoms with Crippen molar-refractivity contribution in [3.63, 3.8) is 0 Å². The fraction of sp³-hybridized carbons (Fsp3) is 0.400. The first-order valence-electron chi connectivity index (χ1n) is 6.07. The summed E-state index contributed by atoms with van der Waals surface area (Å²) in [5.41, 5.74) is 0.478. The second-order valence-corrected chi connectivity index (χ2v) is 4.56. The summed E-state index contributed by atoms with van der Waals surface area (Å²) in [5, 5.41) is 10.1. The van der Waals surface area contributed by atoms with Crippen LogP contribution in [0.2, 0.25) is 0 Å². The highest BCUT2D eigenvalue weighted by Crippen LogP contribution is 2.28. The number of methoxy groups -OCH3 is 1. The van der Waals surface area contributed by atoms with Crippen molar-refractivity contribution in [1.82, 2.24) is 0 Å². The number of aliphatic hydroxyl groups is 1. The minimum Gasteiger partial charge on any atom is -0.465 e. The molecule has 1 N–H and O–H groups in total. The third-order valence-electron chi connectivity index (χ3n) is 3.18. The van der Waals surface area contributed by atoms with Gasteiger partial charge in [-0.15, -0.1) is 0 Å². The maximum absolute atomic E-state index is 11.2. The van der Waals surface area contributed by atoms with Gasteiger partial charge in [-0.3, -0.25) is 0 Å². The van der Waals surface area contributed by atoms with Gasteiger partial charge in [0.2, 0.25) is 0 Å². The minimum absolute atomic E-state index is 0.357. The molecule has 0 amide bonds. The fourth-order valence-corrected chi connectivity index (χ4v) is 2.08. The van der Waals surface area contributed by atoms with Crippen molar-refractivity contribution < 1.29 is 14.6 Å². The molecular weight excluding hydrogens is 228 g/mol. The lowest BCUT2D eigenvalue weighted by atomic mass is 10.0. The van der Waals surface area contributed by atoms with E-state index in [9.17, 15) is 9.90 Å². The van der Waals surface area contributed by atoms with Gasteiger partial charge >= 0.3 is 5.97 Å². The number of hydrogen-bond donors (Lipinski definition) is 1. The molecular formula is C15H16O3. The van der Waals surface area contributed by atoms with E-state index in [4.69, 9.17) is 0 Å². The van der Waals surface area contributed by atoms with E-state index in [1.165, 1.54) is 7.11 Å². The Labute approximate surface area is 107 Å². The first kappa shape index (κ1) is 12.7. The lowest BCUT2D eigenvalue weighted by Crippen LogP contribution is -2.20. The van der Waals surface area contributed by atoms with Crippen LogP contribution in [0.1, 0.15) is 41.6 Å². The second kappa shape index (κ2) is 5.24. The highest BCUT2D eigenvalue weighted by atomic mass is 16.5. The van der Waals surface area contributed by atoms with Crippen molar-refractivity contribution in [2.75, 3.05) is 7.11 Å². The predicted octanol–water partition coefficient (Wildman–Crippen LogP) is 2.13. The molecule has 2 rings (SSSR count). The molecule has 0 saturated heterocycles. The van der Waals surface area contributed by atoms with Crippen molar-refractivity contribution in [1.29, 1.82) is 0 Å². The molecule has 0 aromatic heterocycles. The van der Waals surface area contributed by atoms with Crippen molar-refractivity contribution in [3.05, 3.63) is 35.4 Å². The van der Waals surface area contributed by atoms with Crippen LogP contribution in [0, 0.1) is 11.8 Å². The SMILES string of the molecule is COC(=O)c1ccc(C#CC2(O)CCCC2)cc1. The van der Waals surface area contributed by atoms with E-state index in [1.807, 2.05) is 0 Å². The molecule has 0 unspecified atom stereocenters. The van der Waals surface area contributed by atoms with Crippen molar-refractivity contribution in [2.45, 2.75) is 31.3 Å². The molecule has 1 aliphatic carbocycles. The van der Waals surface area contributed by atoms with Gasteiger partial charge in [0.25, 0.3) is 0 Å². The van der Waals surface area contributed by atoms with Gasteiger partial charge in [0.1, 0.15) is 5.60 Å². The van der Waals surface area contributed by atoms with Crippen molar-refractivity contribution in [2.24, 2.45) is 0 Å². The van der Waals surface area contributed by atoms with E-state index in [0.717, 1.165) is 31.2 Å². The van der Waals surface area contributed by atoms with Gasteiger partial charge in [-0.1, -0.05) is 11.8 Å². The van der Waals surface area contributed by atoms with Crippen molar-refractivity contribution >= 4 is 5.97 Å². The van der Waals surface area contributed by atoms with Crippen LogP contribution in [-0.2, 0) is 4.74 Å². The number of ether oxygens (including phenoxy) is 1. The largest absolute Gasteiger partial charge is 0.465 e. The number of benzene rings is 1. The molecule has 0 atom stereocenters. The summed E-state index contributed by atoms with van der Waals surface area (Å²) >= 11 is 0.